The van der Waals surface area contributed by atoms with Crippen molar-refractivity contribution in [2.24, 2.45) is 0 Å². The molecular formula is C23H20ClFN2O5S. The Balaban J connectivity index is 1.73. The van der Waals surface area contributed by atoms with Gasteiger partial charge in [0, 0.05) is 12.7 Å². The summed E-state index contributed by atoms with van der Waals surface area (Å²) in [5, 5.41) is 2.55. The summed E-state index contributed by atoms with van der Waals surface area (Å²) in [7, 11) is -2.79. The highest BCUT2D eigenvalue weighted by Gasteiger charge is 2.24. The molecule has 3 aromatic carbocycles. The number of aryl methyl sites for hydroxylation is 1. The molecule has 0 heterocycles. The molecule has 3 rings (SSSR count). The number of esters is 1. The summed E-state index contributed by atoms with van der Waals surface area (Å²) in [4.78, 5) is 24.3. The third-order valence-corrected chi connectivity index (χ3v) is 6.79. The number of hydrogen-bond acceptors (Lipinski definition) is 5. The van der Waals surface area contributed by atoms with Crippen LogP contribution < -0.4 is 9.62 Å². The highest BCUT2D eigenvalue weighted by molar-refractivity contribution is 7.92. The number of benzene rings is 3. The molecule has 0 aliphatic rings. The van der Waals surface area contributed by atoms with Gasteiger partial charge in [-0.3, -0.25) is 9.10 Å². The lowest BCUT2D eigenvalue weighted by Gasteiger charge is -2.20. The Hall–Kier alpha value is -3.43. The van der Waals surface area contributed by atoms with E-state index in [9.17, 15) is 22.4 Å². The van der Waals surface area contributed by atoms with Gasteiger partial charge in [-0.05, 0) is 61.5 Å². The summed E-state index contributed by atoms with van der Waals surface area (Å²) in [5.41, 5.74) is 1.57. The Labute approximate surface area is 195 Å². The van der Waals surface area contributed by atoms with Crippen LogP contribution in [-0.4, -0.2) is 33.9 Å². The van der Waals surface area contributed by atoms with Crippen LogP contribution in [0.5, 0.6) is 0 Å². The fourth-order valence-corrected chi connectivity index (χ4v) is 4.23. The van der Waals surface area contributed by atoms with Crippen molar-refractivity contribution in [2.75, 3.05) is 23.3 Å². The molecule has 0 unspecified atom stereocenters. The maximum absolute atomic E-state index is 13.2. The fraction of sp³-hybridized carbons (Fsp3) is 0.130. The number of sulfonamides is 1. The van der Waals surface area contributed by atoms with Gasteiger partial charge in [-0.15, -0.1) is 0 Å². The van der Waals surface area contributed by atoms with Gasteiger partial charge in [0.15, 0.2) is 6.61 Å². The van der Waals surface area contributed by atoms with Gasteiger partial charge in [0.05, 0.1) is 21.2 Å². The average molecular weight is 491 g/mol. The minimum absolute atomic E-state index is 0.0395. The van der Waals surface area contributed by atoms with E-state index >= 15 is 0 Å². The minimum atomic E-state index is -4.09. The minimum Gasteiger partial charge on any atom is -0.452 e. The molecule has 0 bridgehead atoms. The highest BCUT2D eigenvalue weighted by Crippen LogP contribution is 2.26. The van der Waals surface area contributed by atoms with Gasteiger partial charge in [0.1, 0.15) is 5.82 Å². The smallest absolute Gasteiger partial charge is 0.340 e. The molecular weight excluding hydrogens is 471 g/mol. The topological polar surface area (TPSA) is 92.8 Å². The predicted octanol–water partition coefficient (Wildman–Crippen LogP) is 4.41. The third-order valence-electron chi connectivity index (χ3n) is 4.68. The molecule has 3 aromatic rings. The van der Waals surface area contributed by atoms with Crippen molar-refractivity contribution in [3.8, 4) is 0 Å². The zero-order valence-corrected chi connectivity index (χ0v) is 19.3. The molecule has 0 saturated carbocycles. The summed E-state index contributed by atoms with van der Waals surface area (Å²) >= 11 is 6.06. The van der Waals surface area contributed by atoms with E-state index in [1.165, 1.54) is 31.3 Å². The Morgan fingerprint density at radius 1 is 1.03 bits per heavy atom. The van der Waals surface area contributed by atoms with E-state index in [4.69, 9.17) is 16.3 Å². The fourth-order valence-electron chi connectivity index (χ4n) is 2.81. The summed E-state index contributed by atoms with van der Waals surface area (Å²) < 4.78 is 45.1. The first-order chi connectivity index (χ1) is 15.6. The van der Waals surface area contributed by atoms with Gasteiger partial charge >= 0.3 is 5.97 Å². The molecule has 0 atom stereocenters. The zero-order valence-electron chi connectivity index (χ0n) is 17.7. The van der Waals surface area contributed by atoms with E-state index in [0.717, 1.165) is 28.1 Å². The summed E-state index contributed by atoms with van der Waals surface area (Å²) in [5.74, 6) is -2.03. The molecule has 0 radical (unpaired) electrons. The van der Waals surface area contributed by atoms with Crippen LogP contribution >= 0.6 is 11.6 Å². The van der Waals surface area contributed by atoms with Crippen molar-refractivity contribution in [2.45, 2.75) is 11.8 Å². The van der Waals surface area contributed by atoms with E-state index in [2.05, 4.69) is 5.32 Å². The van der Waals surface area contributed by atoms with Gasteiger partial charge < -0.3 is 10.1 Å². The molecule has 0 aliphatic heterocycles. The lowest BCUT2D eigenvalue weighted by atomic mass is 10.2. The molecule has 7 nitrogen and oxygen atoms in total. The Kier molecular flexibility index (Phi) is 7.35. The molecule has 0 fully saturated rings. The second-order valence-electron chi connectivity index (χ2n) is 7.08. The van der Waals surface area contributed by atoms with E-state index < -0.39 is 34.3 Å². The number of ether oxygens (including phenoxy) is 1. The third kappa shape index (κ3) is 5.88. The van der Waals surface area contributed by atoms with Crippen LogP contribution in [0.1, 0.15) is 15.9 Å². The Morgan fingerprint density at radius 2 is 1.67 bits per heavy atom. The number of rotatable bonds is 7. The van der Waals surface area contributed by atoms with Crippen molar-refractivity contribution < 1.29 is 27.1 Å². The summed E-state index contributed by atoms with van der Waals surface area (Å²) in [6, 6.07) is 15.5. The van der Waals surface area contributed by atoms with Crippen LogP contribution in [0.2, 0.25) is 5.02 Å². The number of anilines is 2. The number of halogens is 2. The summed E-state index contributed by atoms with van der Waals surface area (Å²) in [6.07, 6.45) is 0. The van der Waals surface area contributed by atoms with Crippen molar-refractivity contribution >= 4 is 44.9 Å². The first kappa shape index (κ1) is 24.2. The van der Waals surface area contributed by atoms with Crippen LogP contribution in [0, 0.1) is 12.7 Å². The molecule has 1 amide bonds. The monoisotopic (exact) mass is 490 g/mol. The van der Waals surface area contributed by atoms with E-state index in [-0.39, 0.29) is 21.2 Å². The maximum Gasteiger partial charge on any atom is 0.340 e. The standard InChI is InChI=1S/C23H20ClFN2O5S/c1-15-3-7-17(8-4-15)26-22(28)14-32-23(29)20-13-19(11-12-21(20)24)33(30,31)27(2)18-9-5-16(25)6-10-18/h3-13H,14H2,1-2H3,(H,26,28). The number of nitrogens with one attached hydrogen (secondary N) is 1. The van der Waals surface area contributed by atoms with Gasteiger partial charge in [-0.2, -0.15) is 0 Å². The molecule has 172 valence electrons. The van der Waals surface area contributed by atoms with Gasteiger partial charge in [-0.1, -0.05) is 29.3 Å². The second kappa shape index (κ2) is 10.0. The van der Waals surface area contributed by atoms with Crippen molar-refractivity contribution in [3.05, 3.63) is 88.7 Å². The first-order valence-corrected chi connectivity index (χ1v) is 11.5. The van der Waals surface area contributed by atoms with Crippen LogP contribution in [0.15, 0.2) is 71.6 Å². The molecule has 33 heavy (non-hydrogen) atoms. The van der Waals surface area contributed by atoms with E-state index in [1.54, 1.807) is 12.1 Å². The maximum atomic E-state index is 13.2. The van der Waals surface area contributed by atoms with Crippen molar-refractivity contribution in [1.82, 2.24) is 0 Å². The number of nitrogens with zero attached hydrogens (tertiary/aromatic N) is 1. The predicted molar refractivity (Wildman–Crippen MR) is 124 cm³/mol. The average Bonchev–Trinajstić information content (AvgIpc) is 2.79. The van der Waals surface area contributed by atoms with E-state index in [1.807, 2.05) is 19.1 Å². The van der Waals surface area contributed by atoms with Crippen molar-refractivity contribution in [3.63, 3.8) is 0 Å². The molecule has 0 saturated heterocycles. The largest absolute Gasteiger partial charge is 0.452 e. The lowest BCUT2D eigenvalue weighted by Crippen LogP contribution is -2.27. The molecule has 10 heteroatoms. The second-order valence-corrected chi connectivity index (χ2v) is 9.46. The van der Waals surface area contributed by atoms with E-state index in [0.29, 0.717) is 5.69 Å². The highest BCUT2D eigenvalue weighted by atomic mass is 35.5. The first-order valence-electron chi connectivity index (χ1n) is 9.65. The van der Waals surface area contributed by atoms with Crippen LogP contribution in [0.4, 0.5) is 15.8 Å². The Morgan fingerprint density at radius 3 is 2.30 bits per heavy atom. The van der Waals surface area contributed by atoms with Gasteiger partial charge in [0.25, 0.3) is 15.9 Å². The van der Waals surface area contributed by atoms with Crippen molar-refractivity contribution in [1.29, 1.82) is 0 Å². The zero-order chi connectivity index (χ0) is 24.2. The number of amides is 1. The lowest BCUT2D eigenvalue weighted by molar-refractivity contribution is -0.119. The quantitative estimate of drug-likeness (QED) is 0.495. The van der Waals surface area contributed by atoms with Gasteiger partial charge in [-0.25, -0.2) is 17.6 Å². The van der Waals surface area contributed by atoms with Crippen LogP contribution in [-0.2, 0) is 19.6 Å². The normalized spacial score (nSPS) is 11.0. The summed E-state index contributed by atoms with van der Waals surface area (Å²) in [6.45, 7) is 1.32. The number of carbonyl (C=O) groups excluding carboxylic acids is 2. The number of hydrogen-bond donors (Lipinski definition) is 1. The number of carbonyl (C=O) groups is 2. The molecule has 0 aromatic heterocycles. The Bertz CT molecular complexity index is 1280. The molecule has 0 spiro atoms. The SMILES string of the molecule is Cc1ccc(NC(=O)COC(=O)c2cc(S(=O)(=O)N(C)c3ccc(F)cc3)ccc2Cl)cc1. The van der Waals surface area contributed by atoms with Crippen LogP contribution in [0.25, 0.3) is 0 Å². The van der Waals surface area contributed by atoms with Gasteiger partial charge in [0.2, 0.25) is 0 Å². The van der Waals surface area contributed by atoms with Crippen LogP contribution in [0.3, 0.4) is 0 Å². The molecule has 0 aliphatic carbocycles. The molecule has 1 N–H and O–H groups in total.